The first kappa shape index (κ1) is 12.4. The molecule has 0 aliphatic rings. The third-order valence-electron chi connectivity index (χ3n) is 2.18. The summed E-state index contributed by atoms with van der Waals surface area (Å²) in [7, 11) is 0. The highest BCUT2D eigenvalue weighted by atomic mass is 127. The van der Waals surface area contributed by atoms with E-state index in [0.717, 1.165) is 21.1 Å². The normalized spacial score (nSPS) is 10.1. The van der Waals surface area contributed by atoms with Gasteiger partial charge in [-0.2, -0.15) is 0 Å². The lowest BCUT2D eigenvalue weighted by atomic mass is 10.1. The molecule has 1 rings (SSSR count). The highest BCUT2D eigenvalue weighted by Crippen LogP contribution is 2.15. The van der Waals surface area contributed by atoms with Gasteiger partial charge in [0.1, 0.15) is 0 Å². The molecule has 0 saturated heterocycles. The summed E-state index contributed by atoms with van der Waals surface area (Å²) in [5.41, 5.74) is 7.13. The van der Waals surface area contributed by atoms with Crippen LogP contribution in [0, 0.1) is 10.5 Å². The van der Waals surface area contributed by atoms with Gasteiger partial charge in [0.15, 0.2) is 0 Å². The van der Waals surface area contributed by atoms with Crippen molar-refractivity contribution in [1.29, 1.82) is 0 Å². The minimum Gasteiger partial charge on any atom is -0.352 e. The van der Waals surface area contributed by atoms with Gasteiger partial charge in [-0.1, -0.05) is 6.07 Å². The number of rotatable bonds is 4. The molecule has 0 bridgehead atoms. The summed E-state index contributed by atoms with van der Waals surface area (Å²) in [5, 5.41) is 2.85. The Morgan fingerprint density at radius 3 is 2.93 bits per heavy atom. The van der Waals surface area contributed by atoms with Crippen LogP contribution < -0.4 is 11.1 Å². The number of carbonyl (C=O) groups excluding carboxylic acids is 1. The van der Waals surface area contributed by atoms with Gasteiger partial charge in [-0.25, -0.2) is 0 Å². The Morgan fingerprint density at radius 1 is 1.53 bits per heavy atom. The first-order chi connectivity index (χ1) is 7.16. The lowest BCUT2D eigenvalue weighted by Gasteiger charge is -2.08. The van der Waals surface area contributed by atoms with Gasteiger partial charge >= 0.3 is 0 Å². The van der Waals surface area contributed by atoms with Gasteiger partial charge in [0.25, 0.3) is 5.91 Å². The lowest BCUT2D eigenvalue weighted by Crippen LogP contribution is -2.26. The maximum atomic E-state index is 11.7. The van der Waals surface area contributed by atoms with Crippen molar-refractivity contribution in [2.24, 2.45) is 5.73 Å². The molecule has 4 heteroatoms. The Morgan fingerprint density at radius 2 is 2.27 bits per heavy atom. The number of hydrogen-bond acceptors (Lipinski definition) is 2. The second-order valence-corrected chi connectivity index (χ2v) is 4.47. The smallest absolute Gasteiger partial charge is 0.251 e. The molecule has 1 amide bonds. The summed E-state index contributed by atoms with van der Waals surface area (Å²) in [5.74, 6) is -0.0144. The minimum atomic E-state index is -0.0144. The average molecular weight is 318 g/mol. The SMILES string of the molecule is Cc1c(I)cccc1C(=O)NCCCN. The summed E-state index contributed by atoms with van der Waals surface area (Å²) in [6.45, 7) is 3.20. The van der Waals surface area contributed by atoms with Gasteiger partial charge in [0.2, 0.25) is 0 Å². The maximum Gasteiger partial charge on any atom is 0.251 e. The van der Waals surface area contributed by atoms with Crippen LogP contribution in [0.15, 0.2) is 18.2 Å². The lowest BCUT2D eigenvalue weighted by molar-refractivity contribution is 0.0953. The predicted molar refractivity (Wildman–Crippen MR) is 69.9 cm³/mol. The molecule has 0 aliphatic carbocycles. The Labute approximate surface area is 104 Å². The molecule has 0 heterocycles. The van der Waals surface area contributed by atoms with Crippen molar-refractivity contribution in [3.05, 3.63) is 32.9 Å². The first-order valence-corrected chi connectivity index (χ1v) is 5.98. The topological polar surface area (TPSA) is 55.1 Å². The van der Waals surface area contributed by atoms with Crippen molar-refractivity contribution in [3.8, 4) is 0 Å². The van der Waals surface area contributed by atoms with Crippen LogP contribution in [0.4, 0.5) is 0 Å². The zero-order valence-electron chi connectivity index (χ0n) is 8.72. The molecule has 0 unspecified atom stereocenters. The molecule has 0 aliphatic heterocycles. The molecule has 15 heavy (non-hydrogen) atoms. The molecular weight excluding hydrogens is 303 g/mol. The fraction of sp³-hybridized carbons (Fsp3) is 0.364. The van der Waals surface area contributed by atoms with Gasteiger partial charge in [-0.3, -0.25) is 4.79 Å². The van der Waals surface area contributed by atoms with Gasteiger partial charge in [0, 0.05) is 15.7 Å². The van der Waals surface area contributed by atoms with Crippen molar-refractivity contribution < 1.29 is 4.79 Å². The predicted octanol–water partition coefficient (Wildman–Crippen LogP) is 1.68. The van der Waals surface area contributed by atoms with Gasteiger partial charge in [-0.15, -0.1) is 0 Å². The second-order valence-electron chi connectivity index (χ2n) is 3.31. The molecule has 3 N–H and O–H groups in total. The zero-order chi connectivity index (χ0) is 11.3. The molecule has 0 spiro atoms. The van der Waals surface area contributed by atoms with E-state index in [1.54, 1.807) is 0 Å². The van der Waals surface area contributed by atoms with Crippen LogP contribution in [0.2, 0.25) is 0 Å². The zero-order valence-corrected chi connectivity index (χ0v) is 10.9. The molecule has 0 radical (unpaired) electrons. The Hall–Kier alpha value is -0.620. The van der Waals surface area contributed by atoms with Crippen molar-refractivity contribution >= 4 is 28.5 Å². The number of benzene rings is 1. The van der Waals surface area contributed by atoms with Crippen molar-refractivity contribution in [3.63, 3.8) is 0 Å². The van der Waals surface area contributed by atoms with E-state index in [0.29, 0.717) is 13.1 Å². The van der Waals surface area contributed by atoms with E-state index >= 15 is 0 Å². The molecule has 0 fully saturated rings. The van der Waals surface area contributed by atoms with Crippen LogP contribution in [0.3, 0.4) is 0 Å². The molecule has 0 aromatic heterocycles. The van der Waals surface area contributed by atoms with E-state index in [9.17, 15) is 4.79 Å². The van der Waals surface area contributed by atoms with Crippen LogP contribution in [-0.4, -0.2) is 19.0 Å². The van der Waals surface area contributed by atoms with Gasteiger partial charge < -0.3 is 11.1 Å². The largest absolute Gasteiger partial charge is 0.352 e. The van der Waals surface area contributed by atoms with E-state index in [1.807, 2.05) is 25.1 Å². The molecule has 0 atom stereocenters. The number of amides is 1. The molecule has 82 valence electrons. The van der Waals surface area contributed by atoms with E-state index < -0.39 is 0 Å². The van der Waals surface area contributed by atoms with Crippen LogP contribution >= 0.6 is 22.6 Å². The summed E-state index contributed by atoms with van der Waals surface area (Å²) in [4.78, 5) is 11.7. The Balaban J connectivity index is 2.69. The number of nitrogens with two attached hydrogens (primary N) is 1. The number of carbonyl (C=O) groups is 1. The van der Waals surface area contributed by atoms with Crippen molar-refractivity contribution in [1.82, 2.24) is 5.32 Å². The summed E-state index contributed by atoms with van der Waals surface area (Å²) >= 11 is 2.23. The fourth-order valence-corrected chi connectivity index (χ4v) is 1.75. The first-order valence-electron chi connectivity index (χ1n) is 4.90. The maximum absolute atomic E-state index is 11.7. The highest BCUT2D eigenvalue weighted by Gasteiger charge is 2.09. The number of halogens is 1. The van der Waals surface area contributed by atoms with E-state index in [4.69, 9.17) is 5.73 Å². The van der Waals surface area contributed by atoms with Crippen molar-refractivity contribution in [2.45, 2.75) is 13.3 Å². The third kappa shape index (κ3) is 3.46. The van der Waals surface area contributed by atoms with Gasteiger partial charge in [-0.05, 0) is 60.2 Å². The van der Waals surface area contributed by atoms with Crippen molar-refractivity contribution in [2.75, 3.05) is 13.1 Å². The average Bonchev–Trinajstić information content (AvgIpc) is 2.22. The molecular formula is C11H15IN2O. The van der Waals surface area contributed by atoms with Gasteiger partial charge in [0.05, 0.1) is 0 Å². The van der Waals surface area contributed by atoms with Crippen LogP contribution in [0.25, 0.3) is 0 Å². The Kier molecular flexibility index (Phi) is 5.04. The monoisotopic (exact) mass is 318 g/mol. The van der Waals surface area contributed by atoms with Crippen LogP contribution in [0.1, 0.15) is 22.3 Å². The molecule has 3 nitrogen and oxygen atoms in total. The van der Waals surface area contributed by atoms with E-state index in [1.165, 1.54) is 0 Å². The third-order valence-corrected chi connectivity index (χ3v) is 3.35. The van der Waals surface area contributed by atoms with E-state index in [2.05, 4.69) is 27.9 Å². The molecule has 0 saturated carbocycles. The second kappa shape index (κ2) is 6.07. The summed E-state index contributed by atoms with van der Waals surface area (Å²) in [6.07, 6.45) is 0.814. The molecule has 1 aromatic carbocycles. The van der Waals surface area contributed by atoms with Crippen LogP contribution in [0.5, 0.6) is 0 Å². The minimum absolute atomic E-state index is 0.0144. The van der Waals surface area contributed by atoms with Crippen LogP contribution in [-0.2, 0) is 0 Å². The number of hydrogen-bond donors (Lipinski definition) is 2. The Bertz CT molecular complexity index is 352. The van der Waals surface area contributed by atoms with E-state index in [-0.39, 0.29) is 5.91 Å². The highest BCUT2D eigenvalue weighted by molar-refractivity contribution is 14.1. The summed E-state index contributed by atoms with van der Waals surface area (Å²) < 4.78 is 1.11. The fourth-order valence-electron chi connectivity index (χ4n) is 1.25. The number of nitrogens with one attached hydrogen (secondary N) is 1. The molecule has 1 aromatic rings. The quantitative estimate of drug-likeness (QED) is 0.655. The summed E-state index contributed by atoms with van der Waals surface area (Å²) in [6, 6.07) is 5.73. The standard InChI is InChI=1S/C11H15IN2O/c1-8-9(4-2-5-10(8)12)11(15)14-7-3-6-13/h2,4-5H,3,6-7,13H2,1H3,(H,14,15).